The Morgan fingerprint density at radius 1 is 1.19 bits per heavy atom. The number of rotatable bonds is 1. The SMILES string of the molecule is Nc1cccc2cc(N3CCNCC3)[nH]c12. The first kappa shape index (κ1) is 9.54. The van der Waals surface area contributed by atoms with Crippen LogP contribution in [-0.4, -0.2) is 31.2 Å². The topological polar surface area (TPSA) is 57.1 Å². The van der Waals surface area contributed by atoms with E-state index < -0.39 is 0 Å². The lowest BCUT2D eigenvalue weighted by atomic mass is 10.2. The van der Waals surface area contributed by atoms with Crippen molar-refractivity contribution >= 4 is 22.4 Å². The van der Waals surface area contributed by atoms with E-state index in [2.05, 4.69) is 27.3 Å². The number of nitrogens with zero attached hydrogens (tertiary/aromatic N) is 1. The lowest BCUT2D eigenvalue weighted by Gasteiger charge is -2.27. The number of para-hydroxylation sites is 1. The van der Waals surface area contributed by atoms with E-state index in [1.807, 2.05) is 12.1 Å². The Kier molecular flexibility index (Phi) is 2.22. The predicted octanol–water partition coefficient (Wildman–Crippen LogP) is 1.16. The third-order valence-electron chi connectivity index (χ3n) is 3.13. The zero-order valence-electron chi connectivity index (χ0n) is 9.16. The van der Waals surface area contributed by atoms with Crippen LogP contribution in [0.5, 0.6) is 0 Å². The maximum Gasteiger partial charge on any atom is 0.107 e. The normalized spacial score (nSPS) is 16.9. The van der Waals surface area contributed by atoms with Gasteiger partial charge in [-0.2, -0.15) is 0 Å². The van der Waals surface area contributed by atoms with Crippen molar-refractivity contribution in [3.63, 3.8) is 0 Å². The van der Waals surface area contributed by atoms with Gasteiger partial charge in [-0.25, -0.2) is 0 Å². The van der Waals surface area contributed by atoms with Crippen LogP contribution in [0.4, 0.5) is 11.5 Å². The largest absolute Gasteiger partial charge is 0.397 e. The lowest BCUT2D eigenvalue weighted by molar-refractivity contribution is 0.586. The van der Waals surface area contributed by atoms with Crippen molar-refractivity contribution in [1.82, 2.24) is 10.3 Å². The van der Waals surface area contributed by atoms with Crippen LogP contribution in [0.15, 0.2) is 24.3 Å². The maximum atomic E-state index is 5.94. The van der Waals surface area contributed by atoms with Crippen molar-refractivity contribution in [1.29, 1.82) is 0 Å². The summed E-state index contributed by atoms with van der Waals surface area (Å²) < 4.78 is 0. The molecule has 0 amide bonds. The fraction of sp³-hybridized carbons (Fsp3) is 0.333. The number of anilines is 2. The number of H-pyrrole nitrogens is 1. The van der Waals surface area contributed by atoms with Crippen LogP contribution >= 0.6 is 0 Å². The minimum Gasteiger partial charge on any atom is -0.397 e. The second-order valence-electron chi connectivity index (χ2n) is 4.20. The molecule has 0 bridgehead atoms. The van der Waals surface area contributed by atoms with E-state index in [0.717, 1.165) is 37.4 Å². The van der Waals surface area contributed by atoms with Gasteiger partial charge < -0.3 is 20.9 Å². The van der Waals surface area contributed by atoms with E-state index in [4.69, 9.17) is 5.73 Å². The number of hydrogen-bond donors (Lipinski definition) is 3. The van der Waals surface area contributed by atoms with Gasteiger partial charge in [0.1, 0.15) is 5.82 Å². The Balaban J connectivity index is 2.01. The van der Waals surface area contributed by atoms with E-state index in [1.54, 1.807) is 0 Å². The summed E-state index contributed by atoms with van der Waals surface area (Å²) in [5.74, 6) is 1.18. The second kappa shape index (κ2) is 3.72. The van der Waals surface area contributed by atoms with E-state index >= 15 is 0 Å². The van der Waals surface area contributed by atoms with E-state index in [0.29, 0.717) is 0 Å². The molecule has 0 unspecified atom stereocenters. The van der Waals surface area contributed by atoms with Crippen molar-refractivity contribution in [3.8, 4) is 0 Å². The minimum absolute atomic E-state index is 0.818. The molecule has 0 atom stereocenters. The highest BCUT2D eigenvalue weighted by molar-refractivity contribution is 5.92. The van der Waals surface area contributed by atoms with Crippen molar-refractivity contribution in [2.24, 2.45) is 0 Å². The second-order valence-corrected chi connectivity index (χ2v) is 4.20. The van der Waals surface area contributed by atoms with E-state index in [9.17, 15) is 0 Å². The van der Waals surface area contributed by atoms with Gasteiger partial charge >= 0.3 is 0 Å². The van der Waals surface area contributed by atoms with Crippen LogP contribution in [0.2, 0.25) is 0 Å². The molecular weight excluding hydrogens is 200 g/mol. The van der Waals surface area contributed by atoms with Gasteiger partial charge in [-0.1, -0.05) is 12.1 Å². The average Bonchev–Trinajstić information content (AvgIpc) is 2.76. The van der Waals surface area contributed by atoms with Gasteiger partial charge in [0, 0.05) is 31.6 Å². The molecule has 0 spiro atoms. The first-order valence-corrected chi connectivity index (χ1v) is 5.67. The first-order valence-electron chi connectivity index (χ1n) is 5.67. The fourth-order valence-corrected chi connectivity index (χ4v) is 2.24. The molecule has 4 N–H and O–H groups in total. The molecule has 1 aromatic heterocycles. The molecular formula is C12H16N4. The number of aromatic nitrogens is 1. The van der Waals surface area contributed by atoms with Gasteiger partial charge in [0.25, 0.3) is 0 Å². The molecule has 0 radical (unpaired) electrons. The molecule has 4 nitrogen and oxygen atoms in total. The summed E-state index contributed by atoms with van der Waals surface area (Å²) in [5, 5.41) is 4.54. The molecule has 1 aromatic carbocycles. The number of hydrogen-bond acceptors (Lipinski definition) is 3. The molecule has 0 saturated carbocycles. The van der Waals surface area contributed by atoms with Crippen molar-refractivity contribution in [2.75, 3.05) is 36.8 Å². The number of fused-ring (bicyclic) bond motifs is 1. The highest BCUT2D eigenvalue weighted by Gasteiger charge is 2.13. The number of benzene rings is 1. The van der Waals surface area contributed by atoms with Crippen molar-refractivity contribution in [3.05, 3.63) is 24.3 Å². The third kappa shape index (κ3) is 1.51. The van der Waals surface area contributed by atoms with Crippen molar-refractivity contribution in [2.45, 2.75) is 0 Å². The molecule has 84 valence electrons. The number of nitrogen functional groups attached to an aromatic ring is 1. The lowest BCUT2D eigenvalue weighted by Crippen LogP contribution is -2.43. The van der Waals surface area contributed by atoms with Gasteiger partial charge in [-0.05, 0) is 12.1 Å². The highest BCUT2D eigenvalue weighted by Crippen LogP contribution is 2.25. The van der Waals surface area contributed by atoms with Crippen LogP contribution < -0.4 is 16.0 Å². The Morgan fingerprint density at radius 2 is 2.00 bits per heavy atom. The van der Waals surface area contributed by atoms with Gasteiger partial charge in [-0.15, -0.1) is 0 Å². The van der Waals surface area contributed by atoms with Crippen LogP contribution in [0, 0.1) is 0 Å². The zero-order chi connectivity index (χ0) is 11.0. The molecule has 0 aliphatic carbocycles. The molecule has 3 rings (SSSR count). The Morgan fingerprint density at radius 3 is 2.75 bits per heavy atom. The molecule has 1 fully saturated rings. The van der Waals surface area contributed by atoms with Gasteiger partial charge in [0.2, 0.25) is 0 Å². The predicted molar refractivity (Wildman–Crippen MR) is 67.8 cm³/mol. The van der Waals surface area contributed by atoms with Gasteiger partial charge in [-0.3, -0.25) is 0 Å². The van der Waals surface area contributed by atoms with E-state index in [-0.39, 0.29) is 0 Å². The number of nitrogens with one attached hydrogen (secondary N) is 2. The zero-order valence-corrected chi connectivity index (χ0v) is 9.16. The molecule has 2 heterocycles. The Bertz CT molecular complexity index is 497. The summed E-state index contributed by atoms with van der Waals surface area (Å²) in [6, 6.07) is 8.19. The molecule has 2 aromatic rings. The summed E-state index contributed by atoms with van der Waals surface area (Å²) in [6.07, 6.45) is 0. The summed E-state index contributed by atoms with van der Waals surface area (Å²) in [7, 11) is 0. The fourth-order valence-electron chi connectivity index (χ4n) is 2.24. The van der Waals surface area contributed by atoms with Crippen molar-refractivity contribution < 1.29 is 0 Å². The smallest absolute Gasteiger partial charge is 0.107 e. The maximum absolute atomic E-state index is 5.94. The highest BCUT2D eigenvalue weighted by atomic mass is 15.2. The summed E-state index contributed by atoms with van der Waals surface area (Å²) in [6.45, 7) is 4.19. The van der Waals surface area contributed by atoms with Crippen LogP contribution in [0.1, 0.15) is 0 Å². The third-order valence-corrected chi connectivity index (χ3v) is 3.13. The number of nitrogens with two attached hydrogens (primary N) is 1. The Hall–Kier alpha value is -1.68. The van der Waals surface area contributed by atoms with Crippen LogP contribution in [-0.2, 0) is 0 Å². The van der Waals surface area contributed by atoms with E-state index in [1.165, 1.54) is 11.2 Å². The van der Waals surface area contributed by atoms with Crippen LogP contribution in [0.25, 0.3) is 10.9 Å². The summed E-state index contributed by atoms with van der Waals surface area (Å²) in [4.78, 5) is 5.76. The summed E-state index contributed by atoms with van der Waals surface area (Å²) in [5.41, 5.74) is 7.81. The summed E-state index contributed by atoms with van der Waals surface area (Å²) >= 11 is 0. The average molecular weight is 216 g/mol. The molecule has 1 aliphatic heterocycles. The number of piperazine rings is 1. The standard InChI is InChI=1S/C12H16N4/c13-10-3-1-2-9-8-11(15-12(9)10)16-6-4-14-5-7-16/h1-3,8,14-15H,4-7,13H2. The van der Waals surface area contributed by atoms with Gasteiger partial charge in [0.05, 0.1) is 11.2 Å². The monoisotopic (exact) mass is 216 g/mol. The number of aromatic amines is 1. The Labute approximate surface area is 94.4 Å². The van der Waals surface area contributed by atoms with Gasteiger partial charge in [0.15, 0.2) is 0 Å². The molecule has 1 aliphatic rings. The first-order chi connectivity index (χ1) is 7.84. The minimum atomic E-state index is 0.818. The van der Waals surface area contributed by atoms with Crippen LogP contribution in [0.3, 0.4) is 0 Å². The molecule has 16 heavy (non-hydrogen) atoms. The quantitative estimate of drug-likeness (QED) is 0.627. The molecule has 1 saturated heterocycles. The molecule has 4 heteroatoms.